The number of piperidine rings is 1. The van der Waals surface area contributed by atoms with E-state index in [1.54, 1.807) is 12.3 Å². The zero-order chi connectivity index (χ0) is 19.8. The molecule has 1 atom stereocenters. The second-order valence-corrected chi connectivity index (χ2v) is 8.40. The van der Waals surface area contributed by atoms with Gasteiger partial charge in [0.1, 0.15) is 5.82 Å². The molecule has 1 N–H and O–H groups in total. The number of nitrogens with one attached hydrogen (secondary N) is 1. The van der Waals surface area contributed by atoms with Crippen LogP contribution >= 0.6 is 0 Å². The molecule has 5 rings (SSSR count). The van der Waals surface area contributed by atoms with Gasteiger partial charge in [-0.05, 0) is 37.7 Å². The number of hydrogen-bond acceptors (Lipinski definition) is 3. The fourth-order valence-corrected chi connectivity index (χ4v) is 4.72. The predicted octanol–water partition coefficient (Wildman–Crippen LogP) is 3.54. The van der Waals surface area contributed by atoms with E-state index in [-0.39, 0.29) is 17.4 Å². The van der Waals surface area contributed by atoms with Crippen LogP contribution in [0.3, 0.4) is 0 Å². The number of amides is 1. The SMILES string of the molecule is O=C(c1c[nH]c(=O)c2ccccc12)N1CCCC(c2nccn2CC2CCC2)C1. The second-order valence-electron chi connectivity index (χ2n) is 8.40. The first kappa shape index (κ1) is 18.2. The number of aromatic nitrogens is 3. The fourth-order valence-electron chi connectivity index (χ4n) is 4.72. The molecular weight excluding hydrogens is 364 g/mol. The zero-order valence-electron chi connectivity index (χ0n) is 16.5. The van der Waals surface area contributed by atoms with Gasteiger partial charge in [-0.1, -0.05) is 24.6 Å². The Kier molecular flexibility index (Phi) is 4.70. The number of carbonyl (C=O) groups excluding carboxylic acids is 1. The summed E-state index contributed by atoms with van der Waals surface area (Å²) in [5.74, 6) is 2.13. The van der Waals surface area contributed by atoms with Gasteiger partial charge in [0, 0.05) is 54.9 Å². The van der Waals surface area contributed by atoms with Crippen LogP contribution in [0.2, 0.25) is 0 Å². The van der Waals surface area contributed by atoms with Crippen molar-refractivity contribution >= 4 is 16.7 Å². The standard InChI is InChI=1S/C23H26N4O2/c28-22-19-9-2-1-8-18(19)20(13-25-22)23(29)27-11-4-7-17(15-27)21-24-10-12-26(21)14-16-5-3-6-16/h1-2,8-10,12-13,16-17H,3-7,11,14-15H2,(H,25,28). The van der Waals surface area contributed by atoms with E-state index >= 15 is 0 Å². The summed E-state index contributed by atoms with van der Waals surface area (Å²) in [6.45, 7) is 2.46. The van der Waals surface area contributed by atoms with Gasteiger partial charge >= 0.3 is 0 Å². The first-order chi connectivity index (χ1) is 14.2. The topological polar surface area (TPSA) is 71.0 Å². The minimum Gasteiger partial charge on any atom is -0.338 e. The van der Waals surface area contributed by atoms with Gasteiger partial charge < -0.3 is 14.5 Å². The van der Waals surface area contributed by atoms with Crippen molar-refractivity contribution in [3.05, 3.63) is 64.6 Å². The van der Waals surface area contributed by atoms with Gasteiger partial charge in [-0.15, -0.1) is 0 Å². The molecule has 2 aliphatic rings. The molecule has 1 aliphatic carbocycles. The van der Waals surface area contributed by atoms with Crippen molar-refractivity contribution in [2.75, 3.05) is 13.1 Å². The van der Waals surface area contributed by atoms with Crippen LogP contribution in [0.5, 0.6) is 0 Å². The number of imidazole rings is 1. The highest BCUT2D eigenvalue weighted by atomic mass is 16.2. The van der Waals surface area contributed by atoms with E-state index in [4.69, 9.17) is 0 Å². The Hall–Kier alpha value is -2.89. The Labute approximate surface area is 169 Å². The number of rotatable bonds is 4. The maximum atomic E-state index is 13.3. The summed E-state index contributed by atoms with van der Waals surface area (Å²) in [5.41, 5.74) is 0.408. The molecule has 1 aliphatic heterocycles. The molecule has 2 aromatic heterocycles. The normalized spacial score (nSPS) is 20.0. The zero-order valence-corrected chi connectivity index (χ0v) is 16.5. The van der Waals surface area contributed by atoms with Crippen molar-refractivity contribution in [1.29, 1.82) is 0 Å². The molecule has 6 nitrogen and oxygen atoms in total. The quantitative estimate of drug-likeness (QED) is 0.741. The Morgan fingerprint density at radius 1 is 1.14 bits per heavy atom. The van der Waals surface area contributed by atoms with Crippen LogP contribution in [0.25, 0.3) is 10.8 Å². The van der Waals surface area contributed by atoms with Gasteiger partial charge in [0.05, 0.1) is 5.56 Å². The summed E-state index contributed by atoms with van der Waals surface area (Å²) in [7, 11) is 0. The van der Waals surface area contributed by atoms with E-state index in [0.29, 0.717) is 17.5 Å². The molecule has 2 fully saturated rings. The predicted molar refractivity (Wildman–Crippen MR) is 112 cm³/mol. The summed E-state index contributed by atoms with van der Waals surface area (Å²) in [6, 6.07) is 7.31. The molecule has 3 aromatic rings. The maximum absolute atomic E-state index is 13.3. The molecule has 29 heavy (non-hydrogen) atoms. The van der Waals surface area contributed by atoms with Crippen LogP contribution in [0.4, 0.5) is 0 Å². The molecule has 6 heteroatoms. The van der Waals surface area contributed by atoms with Crippen molar-refractivity contribution in [3.8, 4) is 0 Å². The average Bonchev–Trinajstić information content (AvgIpc) is 3.19. The molecule has 1 aromatic carbocycles. The summed E-state index contributed by atoms with van der Waals surface area (Å²) in [5, 5.41) is 1.28. The number of fused-ring (bicyclic) bond motifs is 1. The molecule has 3 heterocycles. The number of aromatic amines is 1. The van der Waals surface area contributed by atoms with E-state index in [1.807, 2.05) is 29.3 Å². The van der Waals surface area contributed by atoms with Crippen LogP contribution in [0.15, 0.2) is 47.7 Å². The molecule has 0 radical (unpaired) electrons. The Balaban J connectivity index is 1.39. The summed E-state index contributed by atoms with van der Waals surface area (Å²) in [6.07, 6.45) is 11.5. The third kappa shape index (κ3) is 3.37. The Bertz CT molecular complexity index is 1100. The van der Waals surface area contributed by atoms with Crippen LogP contribution < -0.4 is 5.56 Å². The summed E-state index contributed by atoms with van der Waals surface area (Å²) < 4.78 is 2.30. The number of carbonyl (C=O) groups is 1. The fraction of sp³-hybridized carbons (Fsp3) is 0.435. The van der Waals surface area contributed by atoms with Crippen LogP contribution in [-0.2, 0) is 6.54 Å². The number of pyridine rings is 1. The molecule has 0 bridgehead atoms. The highest BCUT2D eigenvalue weighted by Crippen LogP contribution is 2.31. The number of nitrogens with zero attached hydrogens (tertiary/aromatic N) is 3. The van der Waals surface area contributed by atoms with Crippen molar-refractivity contribution in [3.63, 3.8) is 0 Å². The lowest BCUT2D eigenvalue weighted by Gasteiger charge is -2.34. The third-order valence-corrected chi connectivity index (χ3v) is 6.54. The van der Waals surface area contributed by atoms with Crippen LogP contribution in [0.1, 0.15) is 54.2 Å². The monoisotopic (exact) mass is 390 g/mol. The first-order valence-electron chi connectivity index (χ1n) is 10.6. The van der Waals surface area contributed by atoms with E-state index in [9.17, 15) is 9.59 Å². The number of H-pyrrole nitrogens is 1. The molecule has 1 saturated heterocycles. The van der Waals surface area contributed by atoms with Crippen LogP contribution in [0, 0.1) is 5.92 Å². The number of benzene rings is 1. The largest absolute Gasteiger partial charge is 0.338 e. The van der Waals surface area contributed by atoms with Gasteiger partial charge in [0.25, 0.3) is 11.5 Å². The maximum Gasteiger partial charge on any atom is 0.255 e. The highest BCUT2D eigenvalue weighted by molar-refractivity contribution is 6.06. The van der Waals surface area contributed by atoms with E-state index < -0.39 is 0 Å². The first-order valence-corrected chi connectivity index (χ1v) is 10.6. The third-order valence-electron chi connectivity index (χ3n) is 6.54. The van der Waals surface area contributed by atoms with Crippen molar-refractivity contribution < 1.29 is 4.79 Å². The van der Waals surface area contributed by atoms with Crippen molar-refractivity contribution in [2.45, 2.75) is 44.6 Å². The van der Waals surface area contributed by atoms with Crippen molar-refractivity contribution in [2.24, 2.45) is 5.92 Å². The van der Waals surface area contributed by atoms with E-state index in [2.05, 4.69) is 20.7 Å². The summed E-state index contributed by atoms with van der Waals surface area (Å²) >= 11 is 0. The second kappa shape index (κ2) is 7.50. The summed E-state index contributed by atoms with van der Waals surface area (Å²) in [4.78, 5) is 34.7. The minimum absolute atomic E-state index is 0.0146. The number of likely N-dealkylation sites (tertiary alicyclic amines) is 1. The highest BCUT2D eigenvalue weighted by Gasteiger charge is 2.29. The number of hydrogen-bond donors (Lipinski definition) is 1. The Morgan fingerprint density at radius 3 is 2.76 bits per heavy atom. The molecule has 1 amide bonds. The lowest BCUT2D eigenvalue weighted by Crippen LogP contribution is -2.40. The molecule has 1 saturated carbocycles. The lowest BCUT2D eigenvalue weighted by molar-refractivity contribution is 0.0704. The molecule has 1 unspecified atom stereocenters. The van der Waals surface area contributed by atoms with Gasteiger partial charge in [0.15, 0.2) is 0 Å². The van der Waals surface area contributed by atoms with Gasteiger partial charge in [-0.25, -0.2) is 4.98 Å². The molecule has 0 spiro atoms. The van der Waals surface area contributed by atoms with Gasteiger partial charge in [-0.2, -0.15) is 0 Å². The minimum atomic E-state index is -0.160. The molecular formula is C23H26N4O2. The van der Waals surface area contributed by atoms with E-state index in [1.165, 1.54) is 19.3 Å². The smallest absolute Gasteiger partial charge is 0.255 e. The van der Waals surface area contributed by atoms with Crippen LogP contribution in [-0.4, -0.2) is 38.4 Å². The average molecular weight is 390 g/mol. The van der Waals surface area contributed by atoms with Gasteiger partial charge in [-0.3, -0.25) is 9.59 Å². The van der Waals surface area contributed by atoms with Crippen molar-refractivity contribution in [1.82, 2.24) is 19.4 Å². The van der Waals surface area contributed by atoms with Gasteiger partial charge in [0.2, 0.25) is 0 Å². The molecule has 150 valence electrons. The Morgan fingerprint density at radius 2 is 1.97 bits per heavy atom. The lowest BCUT2D eigenvalue weighted by atomic mass is 9.85. The van der Waals surface area contributed by atoms with E-state index in [0.717, 1.165) is 43.1 Å².